The number of aromatic amines is 1. The van der Waals surface area contributed by atoms with Gasteiger partial charge in [0.05, 0.1) is 5.56 Å². The molecule has 4 heteroatoms. The Morgan fingerprint density at radius 1 is 1.19 bits per heavy atom. The van der Waals surface area contributed by atoms with E-state index in [2.05, 4.69) is 9.97 Å². The van der Waals surface area contributed by atoms with Crippen LogP contribution in [0.5, 0.6) is 0 Å². The lowest BCUT2D eigenvalue weighted by molar-refractivity contribution is 0.616. The molecule has 1 aromatic carbocycles. The number of fused-ring (bicyclic) bond motifs is 1. The second-order valence-electron chi connectivity index (χ2n) is 3.43. The molecule has 0 aliphatic heterocycles. The van der Waals surface area contributed by atoms with Crippen molar-refractivity contribution < 1.29 is 4.42 Å². The average molecular weight is 228 g/mol. The Morgan fingerprint density at radius 2 is 2.06 bits per heavy atom. The quantitative estimate of drug-likeness (QED) is 0.647. The number of hydrogen-bond donors (Lipinski definition) is 1. The van der Waals surface area contributed by atoms with E-state index in [4.69, 9.17) is 16.6 Å². The summed E-state index contributed by atoms with van der Waals surface area (Å²) in [7, 11) is 0. The molecule has 78 valence electrons. The summed E-state index contributed by atoms with van der Waals surface area (Å²) in [6, 6.07) is 9.59. The minimum Gasteiger partial charge on any atom is -0.464 e. The molecule has 0 bridgehead atoms. The largest absolute Gasteiger partial charge is 0.464 e. The highest BCUT2D eigenvalue weighted by molar-refractivity contribution is 7.71. The molecule has 3 nitrogen and oxygen atoms in total. The van der Waals surface area contributed by atoms with Gasteiger partial charge in [0.1, 0.15) is 22.3 Å². The van der Waals surface area contributed by atoms with E-state index < -0.39 is 0 Å². The van der Waals surface area contributed by atoms with Crippen LogP contribution in [0.1, 0.15) is 0 Å². The second-order valence-corrected chi connectivity index (χ2v) is 3.87. The number of aromatic nitrogens is 2. The van der Waals surface area contributed by atoms with Gasteiger partial charge in [0, 0.05) is 11.6 Å². The third-order valence-corrected chi connectivity index (χ3v) is 2.65. The van der Waals surface area contributed by atoms with Crippen LogP contribution >= 0.6 is 12.2 Å². The van der Waals surface area contributed by atoms with E-state index in [1.54, 1.807) is 18.5 Å². The Hall–Kier alpha value is -1.94. The van der Waals surface area contributed by atoms with Crippen molar-refractivity contribution in [1.82, 2.24) is 9.97 Å². The summed E-state index contributed by atoms with van der Waals surface area (Å²) in [6.07, 6.45) is 3.38. The molecule has 0 saturated heterocycles. The lowest BCUT2D eigenvalue weighted by Gasteiger charge is -1.96. The van der Waals surface area contributed by atoms with Gasteiger partial charge in [-0.3, -0.25) is 0 Å². The Balaban J connectivity index is 2.30. The topological polar surface area (TPSA) is 41.8 Å². The van der Waals surface area contributed by atoms with Gasteiger partial charge in [-0.25, -0.2) is 4.98 Å². The highest BCUT2D eigenvalue weighted by Gasteiger charge is 2.08. The van der Waals surface area contributed by atoms with Crippen LogP contribution in [0.15, 0.2) is 47.2 Å². The number of benzene rings is 1. The van der Waals surface area contributed by atoms with Crippen LogP contribution < -0.4 is 0 Å². The molecule has 1 N–H and O–H groups in total. The minimum absolute atomic E-state index is 0.662. The molecule has 0 fully saturated rings. The van der Waals surface area contributed by atoms with E-state index >= 15 is 0 Å². The number of para-hydroxylation sites is 1. The Kier molecular flexibility index (Phi) is 2.08. The molecule has 0 amide bonds. The van der Waals surface area contributed by atoms with Gasteiger partial charge in [0.15, 0.2) is 0 Å². The zero-order chi connectivity index (χ0) is 11.0. The van der Waals surface area contributed by atoms with E-state index in [-0.39, 0.29) is 0 Å². The zero-order valence-corrected chi connectivity index (χ0v) is 9.12. The fraction of sp³-hybridized carbons (Fsp3) is 0. The van der Waals surface area contributed by atoms with Gasteiger partial charge in [0.25, 0.3) is 0 Å². The predicted molar refractivity (Wildman–Crippen MR) is 64.6 cm³/mol. The lowest BCUT2D eigenvalue weighted by atomic mass is 10.1. The van der Waals surface area contributed by atoms with Gasteiger partial charge in [-0.2, -0.15) is 0 Å². The van der Waals surface area contributed by atoms with E-state index in [0.29, 0.717) is 4.64 Å². The van der Waals surface area contributed by atoms with Crippen molar-refractivity contribution in [3.63, 3.8) is 0 Å². The second kappa shape index (κ2) is 3.57. The molecule has 0 aliphatic rings. The van der Waals surface area contributed by atoms with Crippen LogP contribution in [0.25, 0.3) is 22.4 Å². The average Bonchev–Trinajstić information content (AvgIpc) is 2.72. The van der Waals surface area contributed by atoms with Gasteiger partial charge in [-0.1, -0.05) is 30.4 Å². The maximum Gasteiger partial charge on any atom is 0.142 e. The van der Waals surface area contributed by atoms with Crippen molar-refractivity contribution in [2.45, 2.75) is 0 Å². The first kappa shape index (κ1) is 9.30. The first-order chi connectivity index (χ1) is 7.84. The summed E-state index contributed by atoms with van der Waals surface area (Å²) in [5, 5.41) is 1.03. The minimum atomic E-state index is 0.662. The number of H-pyrrole nitrogens is 1. The van der Waals surface area contributed by atoms with Crippen LogP contribution in [-0.4, -0.2) is 9.97 Å². The molecule has 0 radical (unpaired) electrons. The molecule has 0 aliphatic carbocycles. The number of rotatable bonds is 1. The normalized spacial score (nSPS) is 10.8. The third-order valence-electron chi connectivity index (χ3n) is 2.41. The number of hydrogen-bond acceptors (Lipinski definition) is 3. The molecular weight excluding hydrogens is 220 g/mol. The molecule has 3 aromatic rings. The molecule has 0 unspecified atom stereocenters. The Morgan fingerprint density at radius 3 is 2.94 bits per heavy atom. The number of nitrogens with zero attached hydrogens (tertiary/aromatic N) is 1. The summed E-state index contributed by atoms with van der Waals surface area (Å²) in [5.41, 5.74) is 1.78. The molecule has 3 rings (SSSR count). The van der Waals surface area contributed by atoms with Crippen LogP contribution in [0.3, 0.4) is 0 Å². The molecular formula is C12H8N2OS. The summed E-state index contributed by atoms with van der Waals surface area (Å²) in [6.45, 7) is 0. The molecule has 0 spiro atoms. The highest BCUT2D eigenvalue weighted by Crippen LogP contribution is 2.27. The Labute approximate surface area is 96.8 Å². The molecule has 2 heterocycles. The van der Waals surface area contributed by atoms with Crippen LogP contribution in [0.4, 0.5) is 0 Å². The standard InChI is InChI=1S/C12H8N2OS/c16-11-5-6-13-12(14-11)9-7-15-10-4-2-1-3-8(9)10/h1-7H,(H,13,14,16). The maximum atomic E-state index is 5.45. The van der Waals surface area contributed by atoms with Crippen molar-refractivity contribution >= 4 is 23.2 Å². The van der Waals surface area contributed by atoms with Crippen molar-refractivity contribution in [3.05, 3.63) is 47.4 Å². The van der Waals surface area contributed by atoms with Crippen molar-refractivity contribution in [2.24, 2.45) is 0 Å². The zero-order valence-electron chi connectivity index (χ0n) is 8.31. The fourth-order valence-corrected chi connectivity index (χ4v) is 1.83. The summed E-state index contributed by atoms with van der Waals surface area (Å²) < 4.78 is 6.11. The fourth-order valence-electron chi connectivity index (χ4n) is 1.67. The SMILES string of the molecule is S=c1ccnc(-c2coc3ccccc23)[nH]1. The molecule has 16 heavy (non-hydrogen) atoms. The maximum absolute atomic E-state index is 5.45. The van der Waals surface area contributed by atoms with Gasteiger partial charge in [-0.15, -0.1) is 0 Å². The highest BCUT2D eigenvalue weighted by atomic mass is 32.1. The van der Waals surface area contributed by atoms with Crippen molar-refractivity contribution in [2.75, 3.05) is 0 Å². The van der Waals surface area contributed by atoms with Crippen LogP contribution in [-0.2, 0) is 0 Å². The molecule has 2 aromatic heterocycles. The van der Waals surface area contributed by atoms with Crippen molar-refractivity contribution in [1.29, 1.82) is 0 Å². The van der Waals surface area contributed by atoms with E-state index in [1.165, 1.54) is 0 Å². The first-order valence-electron chi connectivity index (χ1n) is 4.86. The summed E-state index contributed by atoms with van der Waals surface area (Å²) >= 11 is 5.07. The van der Waals surface area contributed by atoms with Gasteiger partial charge >= 0.3 is 0 Å². The first-order valence-corrected chi connectivity index (χ1v) is 5.27. The molecule has 0 saturated carbocycles. The third kappa shape index (κ3) is 1.44. The predicted octanol–water partition coefficient (Wildman–Crippen LogP) is 3.55. The number of nitrogens with one attached hydrogen (secondary N) is 1. The summed E-state index contributed by atoms with van der Waals surface area (Å²) in [4.78, 5) is 7.30. The van der Waals surface area contributed by atoms with E-state index in [9.17, 15) is 0 Å². The van der Waals surface area contributed by atoms with Crippen LogP contribution in [0, 0.1) is 4.64 Å². The van der Waals surface area contributed by atoms with E-state index in [1.807, 2.05) is 24.3 Å². The van der Waals surface area contributed by atoms with Crippen molar-refractivity contribution in [3.8, 4) is 11.4 Å². The van der Waals surface area contributed by atoms with Crippen LogP contribution in [0.2, 0.25) is 0 Å². The van der Waals surface area contributed by atoms with E-state index in [0.717, 1.165) is 22.4 Å². The monoisotopic (exact) mass is 228 g/mol. The lowest BCUT2D eigenvalue weighted by Crippen LogP contribution is -1.86. The summed E-state index contributed by atoms with van der Waals surface area (Å²) in [5.74, 6) is 0.734. The van der Waals surface area contributed by atoms with Gasteiger partial charge < -0.3 is 9.40 Å². The molecule has 0 atom stereocenters. The number of furan rings is 1. The Bertz CT molecular complexity index is 699. The van der Waals surface area contributed by atoms with Gasteiger partial charge in [-0.05, 0) is 12.1 Å². The smallest absolute Gasteiger partial charge is 0.142 e. The van der Waals surface area contributed by atoms with Gasteiger partial charge in [0.2, 0.25) is 0 Å².